The van der Waals surface area contributed by atoms with Crippen molar-refractivity contribution in [3.63, 3.8) is 0 Å². The van der Waals surface area contributed by atoms with Crippen molar-refractivity contribution < 1.29 is 4.79 Å². The largest absolute Gasteiger partial charge is 0.365 e. The van der Waals surface area contributed by atoms with E-state index in [1.807, 2.05) is 34.4 Å². The molecule has 0 N–H and O–H groups in total. The highest BCUT2D eigenvalue weighted by Gasteiger charge is 2.27. The van der Waals surface area contributed by atoms with Crippen molar-refractivity contribution in [2.24, 2.45) is 0 Å². The van der Waals surface area contributed by atoms with Crippen molar-refractivity contribution in [1.82, 2.24) is 34.1 Å². The van der Waals surface area contributed by atoms with E-state index in [-0.39, 0.29) is 11.9 Å². The maximum atomic E-state index is 13.1. The zero-order valence-electron chi connectivity index (χ0n) is 20.9. The summed E-state index contributed by atoms with van der Waals surface area (Å²) in [5.41, 5.74) is 4.27. The standard InChI is InChI=1S/C27H30N8O/c1-18-8-6-9-21(16-18)33-15-14-32(17-19(33)2)25(36)13-7-12-24-29-30-27-34(24)23-11-5-4-10-22(23)26-28-20(3)31-35(26)27/h4-6,8-11,16,19H,7,12-15,17H2,1-3H3. The second-order valence-electron chi connectivity index (χ2n) is 9.74. The molecule has 9 heteroatoms. The van der Waals surface area contributed by atoms with E-state index in [1.165, 1.54) is 11.3 Å². The maximum Gasteiger partial charge on any atom is 0.258 e. The lowest BCUT2D eigenvalue weighted by atomic mass is 10.1. The van der Waals surface area contributed by atoms with Crippen molar-refractivity contribution in [2.45, 2.75) is 46.1 Å². The summed E-state index contributed by atoms with van der Waals surface area (Å²) in [6.45, 7) is 8.54. The van der Waals surface area contributed by atoms with Crippen LogP contribution in [0.5, 0.6) is 0 Å². The molecular formula is C27H30N8O. The van der Waals surface area contributed by atoms with E-state index in [1.54, 1.807) is 4.52 Å². The summed E-state index contributed by atoms with van der Waals surface area (Å²) in [5.74, 6) is 2.38. The minimum atomic E-state index is 0.207. The van der Waals surface area contributed by atoms with Crippen molar-refractivity contribution in [2.75, 3.05) is 24.5 Å². The number of aromatic nitrogens is 6. The first-order valence-electron chi connectivity index (χ1n) is 12.6. The number of hydrogen-bond acceptors (Lipinski definition) is 6. The van der Waals surface area contributed by atoms with E-state index >= 15 is 0 Å². The second kappa shape index (κ2) is 8.89. The molecule has 0 saturated carbocycles. The molecule has 6 rings (SSSR count). The van der Waals surface area contributed by atoms with Gasteiger partial charge in [-0.25, -0.2) is 4.98 Å². The van der Waals surface area contributed by atoms with Crippen LogP contribution in [-0.2, 0) is 11.2 Å². The lowest BCUT2D eigenvalue weighted by molar-refractivity contribution is -0.132. The molecule has 0 radical (unpaired) electrons. The molecule has 1 aliphatic rings. The Hall–Kier alpha value is -4.01. The van der Waals surface area contributed by atoms with Gasteiger partial charge in [-0.3, -0.25) is 9.20 Å². The summed E-state index contributed by atoms with van der Waals surface area (Å²) < 4.78 is 3.80. The fourth-order valence-corrected chi connectivity index (χ4v) is 5.37. The molecule has 3 aromatic heterocycles. The summed E-state index contributed by atoms with van der Waals surface area (Å²) in [6.07, 6.45) is 1.87. The van der Waals surface area contributed by atoms with E-state index in [0.29, 0.717) is 24.4 Å². The molecule has 1 aliphatic heterocycles. The molecule has 0 spiro atoms. The number of rotatable bonds is 5. The number of para-hydroxylation sites is 1. The van der Waals surface area contributed by atoms with Gasteiger partial charge in [0.2, 0.25) is 5.91 Å². The first kappa shape index (κ1) is 22.5. The third kappa shape index (κ3) is 3.84. The number of carbonyl (C=O) groups excluding carboxylic acids is 1. The van der Waals surface area contributed by atoms with Gasteiger partial charge < -0.3 is 9.80 Å². The molecule has 1 unspecified atom stereocenters. The Morgan fingerprint density at radius 1 is 1.06 bits per heavy atom. The third-order valence-electron chi connectivity index (χ3n) is 7.11. The summed E-state index contributed by atoms with van der Waals surface area (Å²) >= 11 is 0. The molecule has 0 aliphatic carbocycles. The van der Waals surface area contributed by atoms with E-state index in [2.05, 4.69) is 69.4 Å². The maximum absolute atomic E-state index is 13.1. The van der Waals surface area contributed by atoms with E-state index in [4.69, 9.17) is 0 Å². The number of anilines is 1. The predicted octanol–water partition coefficient (Wildman–Crippen LogP) is 3.60. The molecule has 2 aromatic carbocycles. The van der Waals surface area contributed by atoms with Gasteiger partial charge in [-0.15, -0.1) is 15.3 Å². The van der Waals surface area contributed by atoms with Gasteiger partial charge in [0.25, 0.3) is 5.78 Å². The molecule has 0 bridgehead atoms. The monoisotopic (exact) mass is 482 g/mol. The zero-order chi connectivity index (χ0) is 24.8. The fraction of sp³-hybridized carbons (Fsp3) is 0.370. The molecule has 1 atom stereocenters. The van der Waals surface area contributed by atoms with Crippen molar-refractivity contribution in [1.29, 1.82) is 0 Å². The van der Waals surface area contributed by atoms with Crippen LogP contribution in [0.4, 0.5) is 5.69 Å². The highest BCUT2D eigenvalue weighted by atomic mass is 16.2. The number of piperazine rings is 1. The van der Waals surface area contributed by atoms with E-state index < -0.39 is 0 Å². The molecule has 1 saturated heterocycles. The first-order chi connectivity index (χ1) is 17.5. The molecule has 1 amide bonds. The first-order valence-corrected chi connectivity index (χ1v) is 12.6. The molecule has 4 heterocycles. The molecule has 184 valence electrons. The Morgan fingerprint density at radius 3 is 2.75 bits per heavy atom. The third-order valence-corrected chi connectivity index (χ3v) is 7.11. The Morgan fingerprint density at radius 2 is 1.92 bits per heavy atom. The molecule has 36 heavy (non-hydrogen) atoms. The Bertz CT molecular complexity index is 1590. The normalized spacial score (nSPS) is 16.5. The molecular weight excluding hydrogens is 452 g/mol. The highest BCUT2D eigenvalue weighted by molar-refractivity contribution is 5.93. The lowest BCUT2D eigenvalue weighted by Crippen LogP contribution is -2.53. The van der Waals surface area contributed by atoms with Crippen LogP contribution in [0.2, 0.25) is 0 Å². The average Bonchev–Trinajstić information content (AvgIpc) is 3.47. The van der Waals surface area contributed by atoms with Crippen molar-refractivity contribution >= 4 is 33.9 Å². The minimum Gasteiger partial charge on any atom is -0.365 e. The van der Waals surface area contributed by atoms with Gasteiger partial charge in [0, 0.05) is 49.6 Å². The summed E-state index contributed by atoms with van der Waals surface area (Å²) in [5, 5.41) is 14.4. The fourth-order valence-electron chi connectivity index (χ4n) is 5.37. The van der Waals surface area contributed by atoms with Crippen LogP contribution in [0.1, 0.15) is 37.0 Å². The molecule has 1 fully saturated rings. The topological polar surface area (TPSA) is 83.9 Å². The number of nitrogens with zero attached hydrogens (tertiary/aromatic N) is 8. The molecule has 9 nitrogen and oxygen atoms in total. The number of fused-ring (bicyclic) bond motifs is 6. The van der Waals surface area contributed by atoms with Gasteiger partial charge in [0.05, 0.1) is 5.52 Å². The van der Waals surface area contributed by atoms with Gasteiger partial charge in [0.1, 0.15) is 11.6 Å². The Kier molecular flexibility index (Phi) is 5.55. The van der Waals surface area contributed by atoms with Crippen LogP contribution >= 0.6 is 0 Å². The van der Waals surface area contributed by atoms with Crippen LogP contribution in [0, 0.1) is 13.8 Å². The molecule has 5 aromatic rings. The summed E-state index contributed by atoms with van der Waals surface area (Å²) in [6, 6.07) is 17.0. The zero-order valence-corrected chi connectivity index (χ0v) is 20.9. The average molecular weight is 483 g/mol. The van der Waals surface area contributed by atoms with Gasteiger partial charge in [-0.2, -0.15) is 4.52 Å². The van der Waals surface area contributed by atoms with E-state index in [0.717, 1.165) is 48.4 Å². The number of amides is 1. The van der Waals surface area contributed by atoms with Gasteiger partial charge in [0.15, 0.2) is 5.65 Å². The van der Waals surface area contributed by atoms with Crippen molar-refractivity contribution in [3.05, 3.63) is 65.7 Å². The number of hydrogen-bond donors (Lipinski definition) is 0. The van der Waals surface area contributed by atoms with E-state index in [9.17, 15) is 4.79 Å². The number of benzene rings is 2. The smallest absolute Gasteiger partial charge is 0.258 e. The summed E-state index contributed by atoms with van der Waals surface area (Å²) in [4.78, 5) is 22.1. The van der Waals surface area contributed by atoms with Crippen LogP contribution < -0.4 is 4.90 Å². The Labute approximate surface area is 209 Å². The van der Waals surface area contributed by atoms with Gasteiger partial charge >= 0.3 is 0 Å². The minimum absolute atomic E-state index is 0.207. The highest BCUT2D eigenvalue weighted by Crippen LogP contribution is 2.24. The van der Waals surface area contributed by atoms with Crippen LogP contribution in [0.3, 0.4) is 0 Å². The number of aryl methyl sites for hydroxylation is 3. The number of carbonyl (C=O) groups is 1. The van der Waals surface area contributed by atoms with Crippen LogP contribution in [-0.4, -0.2) is 65.7 Å². The van der Waals surface area contributed by atoms with Gasteiger partial charge in [-0.1, -0.05) is 24.3 Å². The van der Waals surface area contributed by atoms with Gasteiger partial charge in [-0.05, 0) is 57.0 Å². The SMILES string of the molecule is Cc1cccc(N2CCN(C(=O)CCCc3nnc4n5nc(C)nc5c5ccccc5n34)CC2C)c1. The van der Waals surface area contributed by atoms with Crippen LogP contribution in [0.15, 0.2) is 48.5 Å². The van der Waals surface area contributed by atoms with Crippen LogP contribution in [0.25, 0.3) is 22.3 Å². The second-order valence-corrected chi connectivity index (χ2v) is 9.74. The van der Waals surface area contributed by atoms with Crippen molar-refractivity contribution in [3.8, 4) is 0 Å². The Balaban J connectivity index is 1.15. The lowest BCUT2D eigenvalue weighted by Gasteiger charge is -2.41. The predicted molar refractivity (Wildman–Crippen MR) is 139 cm³/mol. The summed E-state index contributed by atoms with van der Waals surface area (Å²) in [7, 11) is 0. The quantitative estimate of drug-likeness (QED) is 0.381.